The number of rotatable bonds is 7. The maximum Gasteiger partial charge on any atom is 0.323 e. The fourth-order valence-electron chi connectivity index (χ4n) is 4.08. The van der Waals surface area contributed by atoms with Crippen molar-refractivity contribution in [2.45, 2.75) is 31.2 Å². The van der Waals surface area contributed by atoms with Crippen LogP contribution < -0.4 is 11.0 Å². The predicted molar refractivity (Wildman–Crippen MR) is 112 cm³/mol. The lowest BCUT2D eigenvalue weighted by Gasteiger charge is -2.22. The molecule has 1 saturated carbocycles. The number of carboxylic acids is 1. The maximum absolute atomic E-state index is 12.6. The fraction of sp³-hybridized carbons (Fsp3) is 0.261. The number of carbonyl (C=O) groups is 2. The molecule has 3 aromatic rings. The van der Waals surface area contributed by atoms with Crippen molar-refractivity contribution < 1.29 is 14.7 Å². The van der Waals surface area contributed by atoms with E-state index in [0.29, 0.717) is 12.8 Å². The van der Waals surface area contributed by atoms with Crippen molar-refractivity contribution in [2.75, 3.05) is 0 Å². The van der Waals surface area contributed by atoms with Gasteiger partial charge in [-0.25, -0.2) is 4.79 Å². The molecule has 4 N–H and O–H groups in total. The van der Waals surface area contributed by atoms with Crippen LogP contribution in [0.1, 0.15) is 41.7 Å². The molecule has 1 unspecified atom stereocenters. The zero-order chi connectivity index (χ0) is 21.3. The normalized spacial score (nSPS) is 21.0. The van der Waals surface area contributed by atoms with Crippen molar-refractivity contribution in [1.29, 1.82) is 0 Å². The van der Waals surface area contributed by atoms with E-state index in [1.807, 2.05) is 54.6 Å². The van der Waals surface area contributed by atoms with Gasteiger partial charge in [-0.3, -0.25) is 9.59 Å². The molecule has 1 fully saturated rings. The Kier molecular flexibility index (Phi) is 5.03. The number of aromatic amines is 2. The van der Waals surface area contributed by atoms with Gasteiger partial charge in [-0.1, -0.05) is 61.5 Å². The molecule has 154 valence electrons. The van der Waals surface area contributed by atoms with Crippen LogP contribution in [0.2, 0.25) is 0 Å². The first-order chi connectivity index (χ1) is 14.4. The van der Waals surface area contributed by atoms with Gasteiger partial charge in [0, 0.05) is 17.7 Å². The largest absolute Gasteiger partial charge is 0.481 e. The Balaban J connectivity index is 1.56. The highest BCUT2D eigenvalue weighted by molar-refractivity contribution is 5.93. The van der Waals surface area contributed by atoms with Crippen LogP contribution in [0.15, 0.2) is 65.6 Å². The Morgan fingerprint density at radius 1 is 1.13 bits per heavy atom. The summed E-state index contributed by atoms with van der Waals surface area (Å²) in [7, 11) is 0. The van der Waals surface area contributed by atoms with Crippen molar-refractivity contribution in [3.05, 3.63) is 82.5 Å². The second-order valence-corrected chi connectivity index (χ2v) is 7.95. The molecule has 0 aliphatic heterocycles. The molecule has 4 rings (SSSR count). The highest BCUT2D eigenvalue weighted by Crippen LogP contribution is 2.55. The van der Waals surface area contributed by atoms with Crippen molar-refractivity contribution in [2.24, 2.45) is 5.92 Å². The summed E-state index contributed by atoms with van der Waals surface area (Å²) in [5.41, 5.74) is 2.28. The molecule has 1 aliphatic rings. The average molecular weight is 405 g/mol. The lowest BCUT2D eigenvalue weighted by Crippen LogP contribution is -2.40. The fourth-order valence-corrected chi connectivity index (χ4v) is 4.08. The van der Waals surface area contributed by atoms with Gasteiger partial charge in [0.15, 0.2) is 0 Å². The van der Waals surface area contributed by atoms with Crippen LogP contribution in [0.25, 0.3) is 11.1 Å². The predicted octanol–water partition coefficient (Wildman–Crippen LogP) is 3.14. The van der Waals surface area contributed by atoms with Gasteiger partial charge in [0.1, 0.15) is 5.69 Å². The number of aliphatic carboxylic acids is 1. The van der Waals surface area contributed by atoms with E-state index in [-0.39, 0.29) is 11.6 Å². The van der Waals surface area contributed by atoms with E-state index in [1.54, 1.807) is 6.92 Å². The molecular formula is C23H23N3O4. The third-order valence-corrected chi connectivity index (χ3v) is 5.79. The van der Waals surface area contributed by atoms with Crippen molar-refractivity contribution in [3.63, 3.8) is 0 Å². The van der Waals surface area contributed by atoms with Crippen LogP contribution in [0.4, 0.5) is 0 Å². The number of benzene rings is 2. The van der Waals surface area contributed by atoms with Crippen molar-refractivity contribution in [3.8, 4) is 11.1 Å². The molecule has 0 radical (unpaired) electrons. The molecule has 30 heavy (non-hydrogen) atoms. The van der Waals surface area contributed by atoms with E-state index in [4.69, 9.17) is 0 Å². The van der Waals surface area contributed by atoms with Crippen LogP contribution in [0.5, 0.6) is 0 Å². The summed E-state index contributed by atoms with van der Waals surface area (Å²) in [6.45, 7) is 1.64. The Labute approximate surface area is 173 Å². The molecule has 3 atom stereocenters. The lowest BCUT2D eigenvalue weighted by molar-refractivity contribution is -0.141. The minimum atomic E-state index is -0.899. The van der Waals surface area contributed by atoms with Crippen molar-refractivity contribution in [1.82, 2.24) is 15.3 Å². The Morgan fingerprint density at radius 3 is 2.40 bits per heavy atom. The highest BCUT2D eigenvalue weighted by atomic mass is 16.4. The molecule has 0 saturated heterocycles. The van der Waals surface area contributed by atoms with Gasteiger partial charge in [-0.2, -0.15) is 0 Å². The summed E-state index contributed by atoms with van der Waals surface area (Å²) in [4.78, 5) is 40.2. The molecular weight excluding hydrogens is 382 g/mol. The number of carboxylic acid groups (broad SMARTS) is 1. The van der Waals surface area contributed by atoms with Gasteiger partial charge in [0.2, 0.25) is 0 Å². The number of carbonyl (C=O) groups excluding carboxylic acids is 1. The van der Waals surface area contributed by atoms with Crippen LogP contribution in [0.3, 0.4) is 0 Å². The number of amides is 1. The lowest BCUT2D eigenvalue weighted by atomic mass is 9.94. The third kappa shape index (κ3) is 3.91. The van der Waals surface area contributed by atoms with Gasteiger partial charge in [-0.05, 0) is 29.5 Å². The Bertz CT molecular complexity index is 1120. The van der Waals surface area contributed by atoms with E-state index < -0.39 is 29.0 Å². The highest BCUT2D eigenvalue weighted by Gasteiger charge is 2.56. The number of nitrogens with one attached hydrogen (secondary N) is 3. The average Bonchev–Trinajstić information content (AvgIpc) is 3.25. The van der Waals surface area contributed by atoms with Crippen LogP contribution in [-0.2, 0) is 4.79 Å². The summed E-state index contributed by atoms with van der Waals surface area (Å²) in [6.07, 6.45) is 2.28. The molecule has 0 spiro atoms. The molecule has 1 amide bonds. The number of hydrogen-bond donors (Lipinski definition) is 4. The summed E-state index contributed by atoms with van der Waals surface area (Å²) in [6, 6.07) is 18.2. The second-order valence-electron chi connectivity index (χ2n) is 7.95. The smallest absolute Gasteiger partial charge is 0.323 e. The topological polar surface area (TPSA) is 115 Å². The monoisotopic (exact) mass is 405 g/mol. The van der Waals surface area contributed by atoms with Crippen LogP contribution in [-0.4, -0.2) is 32.5 Å². The molecule has 2 aromatic carbocycles. The Hall–Kier alpha value is -3.61. The summed E-state index contributed by atoms with van der Waals surface area (Å²) in [5, 5.41) is 12.4. The van der Waals surface area contributed by atoms with Gasteiger partial charge in [0.05, 0.1) is 5.92 Å². The van der Waals surface area contributed by atoms with Gasteiger partial charge in [-0.15, -0.1) is 0 Å². The standard InChI is InChI=1S/C23H23N3O4/c1-14(21(28)29)11-23(26-20(27)19-13-24-22(30)25-19)12-18(23)17-9-7-16(8-10-17)15-5-3-2-4-6-15/h2-10,13-14,18H,11-12H2,1H3,(H,26,27)(H,28,29)(H2,24,25,30)/t14-,18+,23?/m1/s1. The molecule has 0 bridgehead atoms. The molecule has 1 heterocycles. The summed E-state index contributed by atoms with van der Waals surface area (Å²) < 4.78 is 0. The molecule has 7 heteroatoms. The maximum atomic E-state index is 12.6. The number of imidazole rings is 1. The third-order valence-electron chi connectivity index (χ3n) is 5.79. The van der Waals surface area contributed by atoms with Gasteiger partial charge < -0.3 is 20.4 Å². The quantitative estimate of drug-likeness (QED) is 0.483. The SMILES string of the molecule is C[C@H](CC1(NC(=O)c2c[nH]c(=O)[nH]2)C[C@H]1c1ccc(-c2ccccc2)cc1)C(=O)O. The first-order valence-corrected chi connectivity index (χ1v) is 9.86. The van der Waals surface area contributed by atoms with Gasteiger partial charge in [0.25, 0.3) is 5.91 Å². The number of hydrogen-bond acceptors (Lipinski definition) is 3. The van der Waals surface area contributed by atoms with Gasteiger partial charge >= 0.3 is 11.7 Å². The Morgan fingerprint density at radius 2 is 1.80 bits per heavy atom. The second kappa shape index (κ2) is 7.67. The molecule has 1 aromatic heterocycles. The molecule has 1 aliphatic carbocycles. The van der Waals surface area contributed by atoms with Crippen LogP contribution >= 0.6 is 0 Å². The van der Waals surface area contributed by atoms with Crippen molar-refractivity contribution >= 4 is 11.9 Å². The number of H-pyrrole nitrogens is 2. The summed E-state index contributed by atoms with van der Waals surface area (Å²) >= 11 is 0. The minimum Gasteiger partial charge on any atom is -0.481 e. The first-order valence-electron chi connectivity index (χ1n) is 9.86. The minimum absolute atomic E-state index is 0.0127. The zero-order valence-electron chi connectivity index (χ0n) is 16.5. The van der Waals surface area contributed by atoms with E-state index in [2.05, 4.69) is 15.3 Å². The zero-order valence-corrected chi connectivity index (χ0v) is 16.5. The van der Waals surface area contributed by atoms with E-state index in [0.717, 1.165) is 16.7 Å². The molecule has 7 nitrogen and oxygen atoms in total. The first kappa shape index (κ1) is 19.7. The summed E-state index contributed by atoms with van der Waals surface area (Å²) in [5.74, 6) is -1.92. The number of aromatic nitrogens is 2. The van der Waals surface area contributed by atoms with Crippen LogP contribution in [0, 0.1) is 5.92 Å². The van der Waals surface area contributed by atoms with E-state index >= 15 is 0 Å². The van der Waals surface area contributed by atoms with E-state index in [1.165, 1.54) is 6.20 Å². The van der Waals surface area contributed by atoms with E-state index in [9.17, 15) is 19.5 Å².